The number of alkyl halides is 1. The first-order valence-electron chi connectivity index (χ1n) is 25.2. The van der Waals surface area contributed by atoms with Crippen molar-refractivity contribution in [3.8, 4) is 10.6 Å². The first-order chi connectivity index (χ1) is 32.8. The van der Waals surface area contributed by atoms with E-state index in [2.05, 4.69) is 10.3 Å². The summed E-state index contributed by atoms with van der Waals surface area (Å²) in [5.74, 6) is -3.41. The molecule has 0 spiro atoms. The number of amides is 1. The van der Waals surface area contributed by atoms with Crippen LogP contribution in [0.15, 0.2) is 35.8 Å². The molecule has 18 heteroatoms. The standard InChI is InChI=1S/C52H85FN4O12S/c1-14-40-52(10,64)45(60)33(6)57(12)28-29(2)25-50(8,63)47(31(4)43(32(5)49(62)68-40)39-26-51(9,65-13)46(61)34(7)67-39)69-42-24-37(23-30(3)66-42)56(11)21-19-41(58)55-38(27-53)44(59)35-15-17-36(18-16-35)48-54-20-22-70-48/h15-18,20,22,29-34,37-40,42-47,59-61,63-64H,14,19,21,23-28H2,1-13H3,(H,55,58)/t29-,30-,31+,32-,33-,34+,37+,38-,39-,40-,42+,43?,44-,45-,46+,47-,50-,51-,52-/m1/s1. The number of esters is 1. The minimum atomic E-state index is -1.81. The molecule has 1 aromatic heterocycles. The third kappa shape index (κ3) is 13.7. The molecule has 5 rings (SSSR count). The second kappa shape index (κ2) is 24.5. The SMILES string of the molecule is CC[C@H]1OC(=O)[C@H](C)C([C@H]2C[C@@](C)(OC)[C@@H](O)[C@H](C)O2)[C@H](C)[C@@H](O[C@H]2C[C@@H](N(C)CCC(=O)N[C@H](CF)[C@H](O)c3ccc(-c4nccs4)cc3)C[C@@H](C)O2)[C@](C)(O)C[C@@H](C)CN(C)[C@H](C)[C@@H](O)[C@]1(C)O. The highest BCUT2D eigenvalue weighted by molar-refractivity contribution is 7.13. The molecule has 0 bridgehead atoms. The topological polar surface area (TPSA) is 213 Å². The third-order valence-corrected chi connectivity index (χ3v) is 16.7. The molecule has 2 aromatic rings. The molecule has 0 aliphatic carbocycles. The van der Waals surface area contributed by atoms with Gasteiger partial charge in [0.2, 0.25) is 5.91 Å². The number of aliphatic hydroxyl groups excluding tert-OH is 3. The molecule has 3 aliphatic heterocycles. The molecule has 4 heterocycles. The van der Waals surface area contributed by atoms with Crippen molar-refractivity contribution >= 4 is 23.2 Å². The first-order valence-corrected chi connectivity index (χ1v) is 26.1. The van der Waals surface area contributed by atoms with Gasteiger partial charge in [0.15, 0.2) is 6.29 Å². The number of halogens is 1. The average molecular weight is 1010 g/mol. The summed E-state index contributed by atoms with van der Waals surface area (Å²) >= 11 is 1.49. The van der Waals surface area contributed by atoms with Gasteiger partial charge in [-0.2, -0.15) is 0 Å². The summed E-state index contributed by atoms with van der Waals surface area (Å²) < 4.78 is 46.7. The highest BCUT2D eigenvalue weighted by Gasteiger charge is 2.54. The summed E-state index contributed by atoms with van der Waals surface area (Å²) in [6.45, 7) is 17.8. The van der Waals surface area contributed by atoms with Crippen molar-refractivity contribution in [1.82, 2.24) is 20.1 Å². The Balaban J connectivity index is 1.39. The lowest BCUT2D eigenvalue weighted by molar-refractivity contribution is -0.275. The largest absolute Gasteiger partial charge is 0.459 e. The molecule has 1 aromatic carbocycles. The van der Waals surface area contributed by atoms with E-state index in [-0.39, 0.29) is 43.7 Å². The molecule has 0 saturated carbocycles. The van der Waals surface area contributed by atoms with E-state index in [0.29, 0.717) is 31.5 Å². The quantitative estimate of drug-likeness (QED) is 0.133. The Kier molecular flexibility index (Phi) is 20.4. The highest BCUT2D eigenvalue weighted by Crippen LogP contribution is 2.45. The van der Waals surface area contributed by atoms with Crippen molar-refractivity contribution in [2.75, 3.05) is 41.0 Å². The third-order valence-electron chi connectivity index (χ3n) is 15.9. The van der Waals surface area contributed by atoms with E-state index in [1.807, 2.05) is 76.0 Å². The highest BCUT2D eigenvalue weighted by atomic mass is 32.1. The molecule has 1 unspecified atom stereocenters. The molecule has 3 fully saturated rings. The molecule has 70 heavy (non-hydrogen) atoms. The van der Waals surface area contributed by atoms with Gasteiger partial charge in [0, 0.05) is 74.6 Å². The maximum absolute atomic E-state index is 14.6. The number of carbonyl (C=O) groups is 2. The van der Waals surface area contributed by atoms with Gasteiger partial charge in [0.05, 0.1) is 47.6 Å². The predicted octanol–water partition coefficient (Wildman–Crippen LogP) is 5.28. The van der Waals surface area contributed by atoms with E-state index >= 15 is 0 Å². The number of benzene rings is 1. The Hall–Kier alpha value is -2.72. The Morgan fingerprint density at radius 3 is 2.31 bits per heavy atom. The summed E-state index contributed by atoms with van der Waals surface area (Å²) in [6, 6.07) is 5.22. The van der Waals surface area contributed by atoms with Crippen molar-refractivity contribution in [3.05, 3.63) is 41.4 Å². The van der Waals surface area contributed by atoms with Gasteiger partial charge in [-0.3, -0.25) is 9.59 Å². The van der Waals surface area contributed by atoms with Crippen molar-refractivity contribution in [2.45, 2.75) is 198 Å². The van der Waals surface area contributed by atoms with E-state index in [9.17, 15) is 39.5 Å². The number of likely N-dealkylation sites (N-methyl/N-ethyl adjacent to an activating group) is 1. The number of nitrogens with one attached hydrogen (secondary N) is 1. The molecule has 19 atom stereocenters. The number of hydrogen-bond donors (Lipinski definition) is 6. The van der Waals surface area contributed by atoms with E-state index in [0.717, 1.165) is 10.6 Å². The zero-order valence-corrected chi connectivity index (χ0v) is 44.6. The maximum atomic E-state index is 14.6. The van der Waals surface area contributed by atoms with E-state index in [1.165, 1.54) is 25.4 Å². The Bertz CT molecular complexity index is 1950. The van der Waals surface area contributed by atoms with E-state index < -0.39 is 114 Å². The van der Waals surface area contributed by atoms with Gasteiger partial charge in [-0.25, -0.2) is 9.37 Å². The number of ether oxygens (including phenoxy) is 5. The van der Waals surface area contributed by atoms with Gasteiger partial charge < -0.3 is 64.3 Å². The van der Waals surface area contributed by atoms with E-state index in [4.69, 9.17) is 23.7 Å². The fourth-order valence-corrected chi connectivity index (χ4v) is 12.2. The van der Waals surface area contributed by atoms with Gasteiger partial charge in [-0.15, -0.1) is 11.3 Å². The van der Waals surface area contributed by atoms with Crippen LogP contribution in [0.5, 0.6) is 0 Å². The second-order valence-electron chi connectivity index (χ2n) is 21.6. The van der Waals surface area contributed by atoms with Crippen LogP contribution in [-0.4, -0.2) is 177 Å². The number of nitrogens with zero attached hydrogens (tertiary/aromatic N) is 3. The van der Waals surface area contributed by atoms with Gasteiger partial charge in [0.1, 0.15) is 41.7 Å². The summed E-state index contributed by atoms with van der Waals surface area (Å²) in [6.07, 6.45) is -4.64. The van der Waals surface area contributed by atoms with Gasteiger partial charge in [0.25, 0.3) is 0 Å². The molecule has 16 nitrogen and oxygen atoms in total. The van der Waals surface area contributed by atoms with Crippen LogP contribution in [0.4, 0.5) is 4.39 Å². The van der Waals surface area contributed by atoms with Crippen LogP contribution in [0.2, 0.25) is 0 Å². The molecule has 1 amide bonds. The Labute approximate surface area is 419 Å². The summed E-state index contributed by atoms with van der Waals surface area (Å²) in [7, 11) is 5.29. The van der Waals surface area contributed by atoms with Crippen LogP contribution in [0.25, 0.3) is 10.6 Å². The maximum Gasteiger partial charge on any atom is 0.309 e. The smallest absolute Gasteiger partial charge is 0.309 e. The van der Waals surface area contributed by atoms with Crippen LogP contribution < -0.4 is 5.32 Å². The zero-order chi connectivity index (χ0) is 52.0. The lowest BCUT2D eigenvalue weighted by Crippen LogP contribution is -2.61. The lowest BCUT2D eigenvalue weighted by Gasteiger charge is -2.51. The molecule has 398 valence electrons. The molecule has 3 aliphatic rings. The predicted molar refractivity (Wildman–Crippen MR) is 265 cm³/mol. The number of thiazole rings is 1. The average Bonchev–Trinajstić information content (AvgIpc) is 3.86. The van der Waals surface area contributed by atoms with Crippen molar-refractivity contribution in [1.29, 1.82) is 0 Å². The normalized spacial score (nSPS) is 39.6. The summed E-state index contributed by atoms with van der Waals surface area (Å²) in [5.41, 5.74) is -3.04. The monoisotopic (exact) mass is 1010 g/mol. The van der Waals surface area contributed by atoms with Gasteiger partial charge in [-0.05, 0) is 92.3 Å². The summed E-state index contributed by atoms with van der Waals surface area (Å²) in [4.78, 5) is 36.2. The number of cyclic esters (lactones) is 1. The second-order valence-corrected chi connectivity index (χ2v) is 22.5. The Morgan fingerprint density at radius 1 is 1.04 bits per heavy atom. The lowest BCUT2D eigenvalue weighted by atomic mass is 9.68. The number of methoxy groups -OCH3 is 1. The van der Waals surface area contributed by atoms with Crippen molar-refractivity contribution in [3.63, 3.8) is 0 Å². The van der Waals surface area contributed by atoms with Gasteiger partial charge in [-0.1, -0.05) is 52.0 Å². The number of hydrogen-bond acceptors (Lipinski definition) is 16. The van der Waals surface area contributed by atoms with Crippen LogP contribution >= 0.6 is 11.3 Å². The molecular weight excluding hydrogens is 924 g/mol. The fourth-order valence-electron chi connectivity index (χ4n) is 11.5. The Morgan fingerprint density at radius 2 is 1.71 bits per heavy atom. The minimum Gasteiger partial charge on any atom is -0.459 e. The van der Waals surface area contributed by atoms with Gasteiger partial charge >= 0.3 is 5.97 Å². The van der Waals surface area contributed by atoms with E-state index in [1.54, 1.807) is 46.0 Å². The van der Waals surface area contributed by atoms with Crippen LogP contribution in [0.3, 0.4) is 0 Å². The molecule has 0 radical (unpaired) electrons. The summed E-state index contributed by atoms with van der Waals surface area (Å²) in [5, 5.41) is 64.2. The van der Waals surface area contributed by atoms with Crippen LogP contribution in [0.1, 0.15) is 119 Å². The number of aliphatic hydroxyl groups is 5. The minimum absolute atomic E-state index is 0.0369. The fraction of sp³-hybridized carbons (Fsp3) is 0.788. The molecular formula is C52H85FN4O12S. The molecule has 6 N–H and O–H groups in total. The van der Waals surface area contributed by atoms with Crippen molar-refractivity contribution < 1.29 is 63.2 Å². The first kappa shape index (κ1) is 58.2. The van der Waals surface area contributed by atoms with Crippen LogP contribution in [0, 0.1) is 23.7 Å². The molecule has 3 saturated heterocycles. The zero-order valence-electron chi connectivity index (χ0n) is 43.8. The van der Waals surface area contributed by atoms with Crippen molar-refractivity contribution in [2.24, 2.45) is 23.7 Å². The number of carbonyl (C=O) groups excluding carboxylic acids is 2. The number of aromatic nitrogens is 1. The number of rotatable bonds is 14. The van der Waals surface area contributed by atoms with Crippen LogP contribution in [-0.2, 0) is 33.3 Å².